The lowest BCUT2D eigenvalue weighted by Crippen LogP contribution is -2.46. The summed E-state index contributed by atoms with van der Waals surface area (Å²) in [6.07, 6.45) is 6.39. The number of aromatic nitrogens is 2. The Kier molecular flexibility index (Phi) is 4.29. The van der Waals surface area contributed by atoms with E-state index in [0.29, 0.717) is 5.91 Å². The minimum absolute atomic E-state index is 0.127. The minimum Gasteiger partial charge on any atom is -0.341 e. The summed E-state index contributed by atoms with van der Waals surface area (Å²) in [5, 5.41) is 0. The molecule has 3 heterocycles. The van der Waals surface area contributed by atoms with Gasteiger partial charge in [-0.2, -0.15) is 0 Å². The number of hydrogen-bond acceptors (Lipinski definition) is 5. The van der Waals surface area contributed by atoms with Gasteiger partial charge in [-0.25, -0.2) is 9.97 Å². The van der Waals surface area contributed by atoms with Crippen molar-refractivity contribution in [2.24, 2.45) is 5.41 Å². The van der Waals surface area contributed by atoms with Crippen molar-refractivity contribution in [2.45, 2.75) is 19.3 Å². The van der Waals surface area contributed by atoms with Crippen LogP contribution in [0.15, 0.2) is 18.5 Å². The molecular formula is C16H25N5O. The Morgan fingerprint density at radius 2 is 1.77 bits per heavy atom. The van der Waals surface area contributed by atoms with Crippen molar-refractivity contribution in [2.75, 3.05) is 51.7 Å². The summed E-state index contributed by atoms with van der Waals surface area (Å²) < 4.78 is 0. The van der Waals surface area contributed by atoms with Crippen molar-refractivity contribution < 1.29 is 4.79 Å². The van der Waals surface area contributed by atoms with Crippen LogP contribution in [0.1, 0.15) is 19.3 Å². The van der Waals surface area contributed by atoms with Gasteiger partial charge in [0.05, 0.1) is 5.41 Å². The molecule has 1 aromatic rings. The number of nitrogens with zero attached hydrogens (tertiary/aromatic N) is 5. The van der Waals surface area contributed by atoms with E-state index in [-0.39, 0.29) is 5.41 Å². The third-order valence-electron chi connectivity index (χ3n) is 4.97. The number of likely N-dealkylation sites (tertiary alicyclic amines) is 1. The molecule has 1 aromatic heterocycles. The van der Waals surface area contributed by atoms with Crippen LogP contribution < -0.4 is 4.90 Å². The number of rotatable bonds is 4. The highest BCUT2D eigenvalue weighted by molar-refractivity contribution is 5.85. The SMILES string of the molecule is CN(C)CCN1CCC2(CCN(c3ncccn3)CC2)C1=O. The molecular weight excluding hydrogens is 278 g/mol. The maximum absolute atomic E-state index is 12.8. The Bertz CT molecular complexity index is 511. The highest BCUT2D eigenvalue weighted by Crippen LogP contribution is 2.41. The molecule has 1 spiro atoms. The van der Waals surface area contributed by atoms with E-state index in [1.165, 1.54) is 0 Å². The summed E-state index contributed by atoms with van der Waals surface area (Å²) >= 11 is 0. The average molecular weight is 303 g/mol. The summed E-state index contributed by atoms with van der Waals surface area (Å²) in [6.45, 7) is 4.44. The second-order valence-corrected chi connectivity index (χ2v) is 6.66. The smallest absolute Gasteiger partial charge is 0.229 e. The van der Waals surface area contributed by atoms with Gasteiger partial charge in [0.15, 0.2) is 0 Å². The quantitative estimate of drug-likeness (QED) is 0.826. The van der Waals surface area contributed by atoms with Crippen LogP contribution in [0.2, 0.25) is 0 Å². The molecule has 0 N–H and O–H groups in total. The Morgan fingerprint density at radius 1 is 1.14 bits per heavy atom. The zero-order chi connectivity index (χ0) is 15.6. The standard InChI is InChI=1S/C16H25N5O/c1-19(2)12-13-20-9-4-16(14(20)22)5-10-21(11-6-16)15-17-7-3-8-18-15/h3,7-8H,4-6,9-13H2,1-2H3. The normalized spacial score (nSPS) is 21.1. The zero-order valence-corrected chi connectivity index (χ0v) is 13.5. The fourth-order valence-electron chi connectivity index (χ4n) is 3.48. The van der Waals surface area contributed by atoms with Crippen molar-refractivity contribution >= 4 is 11.9 Å². The van der Waals surface area contributed by atoms with Gasteiger partial charge >= 0.3 is 0 Å². The van der Waals surface area contributed by atoms with E-state index >= 15 is 0 Å². The van der Waals surface area contributed by atoms with Crippen molar-refractivity contribution in [1.29, 1.82) is 0 Å². The van der Waals surface area contributed by atoms with Crippen LogP contribution >= 0.6 is 0 Å². The van der Waals surface area contributed by atoms with Crippen LogP contribution in [0.4, 0.5) is 5.95 Å². The molecule has 2 aliphatic heterocycles. The number of hydrogen-bond donors (Lipinski definition) is 0. The summed E-state index contributed by atoms with van der Waals surface area (Å²) in [5.74, 6) is 1.15. The maximum Gasteiger partial charge on any atom is 0.229 e. The molecule has 22 heavy (non-hydrogen) atoms. The Hall–Kier alpha value is -1.69. The summed E-state index contributed by atoms with van der Waals surface area (Å²) in [5.41, 5.74) is -0.127. The number of likely N-dealkylation sites (N-methyl/N-ethyl adjacent to an activating group) is 1. The number of anilines is 1. The average Bonchev–Trinajstić information content (AvgIpc) is 2.84. The van der Waals surface area contributed by atoms with Crippen LogP contribution in [0.25, 0.3) is 0 Å². The molecule has 0 saturated carbocycles. The van der Waals surface area contributed by atoms with Gasteiger partial charge in [0.2, 0.25) is 11.9 Å². The molecule has 3 rings (SSSR count). The van der Waals surface area contributed by atoms with Crippen LogP contribution in [0, 0.1) is 5.41 Å². The lowest BCUT2D eigenvalue weighted by atomic mass is 9.77. The lowest BCUT2D eigenvalue weighted by Gasteiger charge is -2.38. The first-order chi connectivity index (χ1) is 10.6. The highest BCUT2D eigenvalue weighted by Gasteiger charge is 2.48. The fraction of sp³-hybridized carbons (Fsp3) is 0.688. The summed E-state index contributed by atoms with van der Waals surface area (Å²) in [4.78, 5) is 27.8. The zero-order valence-electron chi connectivity index (χ0n) is 13.5. The first-order valence-electron chi connectivity index (χ1n) is 8.07. The second kappa shape index (κ2) is 6.20. The van der Waals surface area contributed by atoms with Crippen molar-refractivity contribution in [1.82, 2.24) is 19.8 Å². The fourth-order valence-corrected chi connectivity index (χ4v) is 3.48. The van der Waals surface area contributed by atoms with Gasteiger partial charge in [0, 0.05) is 45.1 Å². The van der Waals surface area contributed by atoms with Gasteiger partial charge in [-0.15, -0.1) is 0 Å². The number of piperidine rings is 1. The molecule has 0 aliphatic carbocycles. The first kappa shape index (κ1) is 15.2. The van der Waals surface area contributed by atoms with Crippen LogP contribution in [-0.2, 0) is 4.79 Å². The molecule has 2 aliphatic rings. The molecule has 1 amide bonds. The van der Waals surface area contributed by atoms with Crippen LogP contribution in [0.3, 0.4) is 0 Å². The van der Waals surface area contributed by atoms with Crippen molar-refractivity contribution in [3.05, 3.63) is 18.5 Å². The summed E-state index contributed by atoms with van der Waals surface area (Å²) in [7, 11) is 4.10. The van der Waals surface area contributed by atoms with Gasteiger partial charge in [0.1, 0.15) is 0 Å². The van der Waals surface area contributed by atoms with E-state index in [0.717, 1.165) is 57.9 Å². The molecule has 2 fully saturated rings. The summed E-state index contributed by atoms with van der Waals surface area (Å²) in [6, 6.07) is 1.83. The van der Waals surface area contributed by atoms with E-state index < -0.39 is 0 Å². The van der Waals surface area contributed by atoms with Gasteiger partial charge < -0.3 is 14.7 Å². The predicted octanol–water partition coefficient (Wildman–Crippen LogP) is 0.857. The van der Waals surface area contributed by atoms with E-state index in [2.05, 4.69) is 38.8 Å². The van der Waals surface area contributed by atoms with E-state index in [4.69, 9.17) is 0 Å². The predicted molar refractivity (Wildman–Crippen MR) is 85.7 cm³/mol. The molecule has 6 heteroatoms. The number of carbonyl (C=O) groups is 1. The molecule has 120 valence electrons. The minimum atomic E-state index is -0.127. The van der Waals surface area contributed by atoms with Gasteiger partial charge in [-0.3, -0.25) is 4.79 Å². The van der Waals surface area contributed by atoms with Crippen LogP contribution in [-0.4, -0.2) is 72.5 Å². The molecule has 0 radical (unpaired) electrons. The van der Waals surface area contributed by atoms with Crippen molar-refractivity contribution in [3.8, 4) is 0 Å². The second-order valence-electron chi connectivity index (χ2n) is 6.66. The lowest BCUT2D eigenvalue weighted by molar-refractivity contribution is -0.137. The van der Waals surface area contributed by atoms with E-state index in [1.54, 1.807) is 12.4 Å². The largest absolute Gasteiger partial charge is 0.341 e. The monoisotopic (exact) mass is 303 g/mol. The number of carbonyl (C=O) groups excluding carboxylic acids is 1. The van der Waals surface area contributed by atoms with E-state index in [1.807, 2.05) is 6.07 Å². The maximum atomic E-state index is 12.8. The Labute approximate surface area is 132 Å². The molecule has 2 saturated heterocycles. The van der Waals surface area contributed by atoms with Gasteiger partial charge in [-0.1, -0.05) is 0 Å². The van der Waals surface area contributed by atoms with E-state index in [9.17, 15) is 4.79 Å². The Balaban J connectivity index is 1.60. The third kappa shape index (κ3) is 2.92. The third-order valence-corrected chi connectivity index (χ3v) is 4.97. The van der Waals surface area contributed by atoms with Gasteiger partial charge in [-0.05, 0) is 39.4 Å². The van der Waals surface area contributed by atoms with Gasteiger partial charge in [0.25, 0.3) is 0 Å². The molecule has 0 aromatic carbocycles. The topological polar surface area (TPSA) is 52.6 Å². The molecule has 6 nitrogen and oxygen atoms in total. The van der Waals surface area contributed by atoms with Crippen molar-refractivity contribution in [3.63, 3.8) is 0 Å². The molecule has 0 bridgehead atoms. The number of amides is 1. The first-order valence-corrected chi connectivity index (χ1v) is 8.07. The molecule has 0 atom stereocenters. The Morgan fingerprint density at radius 3 is 2.41 bits per heavy atom. The van der Waals surface area contributed by atoms with Crippen LogP contribution in [0.5, 0.6) is 0 Å². The highest BCUT2D eigenvalue weighted by atomic mass is 16.2. The molecule has 0 unspecified atom stereocenters.